The Morgan fingerprint density at radius 1 is 0.941 bits per heavy atom. The normalized spacial score (nSPS) is 14.3. The monoisotopic (exact) mass is 486 g/mol. The Kier molecular flexibility index (Phi) is 7.54. The first-order chi connectivity index (χ1) is 15.9. The average molecular weight is 486 g/mol. The molecule has 2 atom stereocenters. The fraction of sp³-hybridized carbons (Fsp3) is 0.391. The highest BCUT2D eigenvalue weighted by atomic mass is 19.4. The average Bonchev–Trinajstić information content (AvgIpc) is 3.32. The molecule has 1 aromatic heterocycles. The van der Waals surface area contributed by atoms with Crippen molar-refractivity contribution in [2.75, 3.05) is 6.54 Å². The summed E-state index contributed by atoms with van der Waals surface area (Å²) in [5.41, 5.74) is -2.25. The van der Waals surface area contributed by atoms with E-state index in [9.17, 15) is 26.3 Å². The van der Waals surface area contributed by atoms with Crippen molar-refractivity contribution in [3.05, 3.63) is 76.9 Å². The van der Waals surface area contributed by atoms with E-state index in [1.165, 1.54) is 6.33 Å². The van der Waals surface area contributed by atoms with Crippen LogP contribution in [0.15, 0.2) is 48.8 Å². The molecule has 0 aliphatic heterocycles. The Balaban J connectivity index is 1.87. The molecule has 2 aromatic carbocycles. The van der Waals surface area contributed by atoms with Gasteiger partial charge in [0.05, 0.1) is 17.2 Å². The number of hydrogen-bond acceptors (Lipinski definition) is 4. The molecule has 0 saturated heterocycles. The Labute approximate surface area is 192 Å². The van der Waals surface area contributed by atoms with Gasteiger partial charge in [-0.05, 0) is 50.2 Å². The SMILES string of the molecule is CCN(C(C)c1nc[nH]n1)C(C)c1ccccc1OCc1cc(C(F)(F)F)cc(C(F)(F)F)c1. The molecule has 0 bridgehead atoms. The zero-order chi connectivity index (χ0) is 25.1. The minimum absolute atomic E-state index is 0.100. The summed E-state index contributed by atoms with van der Waals surface area (Å²) in [6.07, 6.45) is -8.35. The number of rotatable bonds is 8. The summed E-state index contributed by atoms with van der Waals surface area (Å²) >= 11 is 0. The lowest BCUT2D eigenvalue weighted by Gasteiger charge is -2.33. The first-order valence-corrected chi connectivity index (χ1v) is 10.5. The van der Waals surface area contributed by atoms with E-state index in [-0.39, 0.29) is 23.7 Å². The molecule has 0 spiro atoms. The van der Waals surface area contributed by atoms with E-state index in [1.54, 1.807) is 24.3 Å². The number of para-hydroxylation sites is 1. The van der Waals surface area contributed by atoms with Crippen molar-refractivity contribution in [3.63, 3.8) is 0 Å². The molecule has 0 radical (unpaired) electrons. The molecule has 2 unspecified atom stereocenters. The van der Waals surface area contributed by atoms with Gasteiger partial charge in [0.2, 0.25) is 0 Å². The standard InChI is InChI=1S/C23H24F6N4O/c1-4-33(15(3)21-30-13-31-32-21)14(2)19-7-5-6-8-20(19)34-12-16-9-17(22(24,25)26)11-18(10-16)23(27,28)29/h5-11,13-15H,4,12H2,1-3H3,(H,30,31,32). The van der Waals surface area contributed by atoms with Gasteiger partial charge >= 0.3 is 12.4 Å². The number of H-pyrrole nitrogens is 1. The van der Waals surface area contributed by atoms with E-state index in [1.807, 2.05) is 20.8 Å². The lowest BCUT2D eigenvalue weighted by atomic mass is 10.0. The zero-order valence-electron chi connectivity index (χ0n) is 18.7. The van der Waals surface area contributed by atoms with Gasteiger partial charge in [0.1, 0.15) is 18.7 Å². The van der Waals surface area contributed by atoms with Gasteiger partial charge in [0.15, 0.2) is 5.82 Å². The van der Waals surface area contributed by atoms with E-state index in [4.69, 9.17) is 4.74 Å². The number of nitrogens with zero attached hydrogens (tertiary/aromatic N) is 3. The van der Waals surface area contributed by atoms with Gasteiger partial charge in [0, 0.05) is 11.6 Å². The molecule has 34 heavy (non-hydrogen) atoms. The first-order valence-electron chi connectivity index (χ1n) is 10.5. The number of hydrogen-bond donors (Lipinski definition) is 1. The van der Waals surface area contributed by atoms with Crippen LogP contribution in [0.3, 0.4) is 0 Å². The molecule has 0 aliphatic rings. The maximum absolute atomic E-state index is 13.2. The zero-order valence-corrected chi connectivity index (χ0v) is 18.7. The number of nitrogens with one attached hydrogen (secondary N) is 1. The van der Waals surface area contributed by atoms with Crippen LogP contribution in [-0.2, 0) is 19.0 Å². The van der Waals surface area contributed by atoms with Crippen molar-refractivity contribution in [1.29, 1.82) is 0 Å². The predicted octanol–water partition coefficient (Wildman–Crippen LogP) is 6.57. The second-order valence-corrected chi connectivity index (χ2v) is 7.78. The molecule has 0 saturated carbocycles. The maximum Gasteiger partial charge on any atom is 0.416 e. The van der Waals surface area contributed by atoms with E-state index in [0.717, 1.165) is 5.56 Å². The van der Waals surface area contributed by atoms with E-state index in [2.05, 4.69) is 20.1 Å². The summed E-state index contributed by atoms with van der Waals surface area (Å²) in [4.78, 5) is 6.29. The van der Waals surface area contributed by atoms with Crippen LogP contribution in [0.5, 0.6) is 5.75 Å². The number of aromatic amines is 1. The summed E-state index contributed by atoms with van der Waals surface area (Å²) in [6.45, 7) is 6.01. The van der Waals surface area contributed by atoms with Crippen LogP contribution in [0.25, 0.3) is 0 Å². The van der Waals surface area contributed by atoms with Gasteiger partial charge in [-0.1, -0.05) is 25.1 Å². The van der Waals surface area contributed by atoms with Crippen molar-refractivity contribution in [3.8, 4) is 5.75 Å². The Hall–Kier alpha value is -3.08. The summed E-state index contributed by atoms with van der Waals surface area (Å²) in [5, 5.41) is 6.80. The molecule has 5 nitrogen and oxygen atoms in total. The third kappa shape index (κ3) is 5.88. The minimum Gasteiger partial charge on any atom is -0.489 e. The third-order valence-electron chi connectivity index (χ3n) is 5.58. The number of aromatic nitrogens is 3. The largest absolute Gasteiger partial charge is 0.489 e. The van der Waals surface area contributed by atoms with Gasteiger partial charge in [0.25, 0.3) is 0 Å². The quantitative estimate of drug-likeness (QED) is 0.366. The summed E-state index contributed by atoms with van der Waals surface area (Å²) in [7, 11) is 0. The molecule has 3 rings (SSSR count). The van der Waals surface area contributed by atoms with Gasteiger partial charge in [-0.25, -0.2) is 4.98 Å². The highest BCUT2D eigenvalue weighted by Crippen LogP contribution is 2.37. The molecule has 0 fully saturated rings. The van der Waals surface area contributed by atoms with E-state index >= 15 is 0 Å². The topological polar surface area (TPSA) is 54.0 Å². The minimum atomic E-state index is -4.92. The number of alkyl halides is 6. The van der Waals surface area contributed by atoms with E-state index < -0.39 is 30.1 Å². The lowest BCUT2D eigenvalue weighted by molar-refractivity contribution is -0.143. The van der Waals surface area contributed by atoms with Crippen LogP contribution in [0.4, 0.5) is 26.3 Å². The number of halogens is 6. The van der Waals surface area contributed by atoms with Crippen LogP contribution in [-0.4, -0.2) is 26.6 Å². The molecule has 1 N–H and O–H groups in total. The molecular formula is C23H24F6N4O. The Morgan fingerprint density at radius 3 is 2.09 bits per heavy atom. The number of ether oxygens (including phenoxy) is 1. The predicted molar refractivity (Wildman–Crippen MR) is 113 cm³/mol. The van der Waals surface area contributed by atoms with Crippen LogP contribution in [0.1, 0.15) is 60.9 Å². The second-order valence-electron chi connectivity index (χ2n) is 7.78. The van der Waals surface area contributed by atoms with Gasteiger partial charge < -0.3 is 4.74 Å². The van der Waals surface area contributed by atoms with Crippen molar-refractivity contribution in [2.45, 2.75) is 51.8 Å². The fourth-order valence-electron chi connectivity index (χ4n) is 3.85. The van der Waals surface area contributed by atoms with E-state index in [0.29, 0.717) is 30.3 Å². The molecule has 11 heteroatoms. The summed E-state index contributed by atoms with van der Waals surface area (Å²) < 4.78 is 84.7. The molecule has 0 aliphatic carbocycles. The van der Waals surface area contributed by atoms with Gasteiger partial charge in [-0.3, -0.25) is 10.00 Å². The highest BCUT2D eigenvalue weighted by molar-refractivity contribution is 5.37. The van der Waals surface area contributed by atoms with Gasteiger partial charge in [-0.15, -0.1) is 0 Å². The number of benzene rings is 2. The van der Waals surface area contributed by atoms with Crippen molar-refractivity contribution in [2.24, 2.45) is 0 Å². The molecule has 1 heterocycles. The fourth-order valence-corrected chi connectivity index (χ4v) is 3.85. The summed E-state index contributed by atoms with van der Waals surface area (Å²) in [5.74, 6) is 0.956. The Bertz CT molecular complexity index is 1050. The smallest absolute Gasteiger partial charge is 0.416 e. The van der Waals surface area contributed by atoms with Crippen molar-refractivity contribution < 1.29 is 31.1 Å². The van der Waals surface area contributed by atoms with Crippen molar-refractivity contribution in [1.82, 2.24) is 20.1 Å². The van der Waals surface area contributed by atoms with Crippen LogP contribution in [0, 0.1) is 0 Å². The highest BCUT2D eigenvalue weighted by Gasteiger charge is 2.37. The van der Waals surface area contributed by atoms with Crippen molar-refractivity contribution >= 4 is 0 Å². The molecule has 3 aromatic rings. The summed E-state index contributed by atoms with van der Waals surface area (Å²) in [6, 6.07) is 8.00. The molecule has 184 valence electrons. The molecule has 0 amide bonds. The van der Waals surface area contributed by atoms with Gasteiger partial charge in [-0.2, -0.15) is 31.4 Å². The van der Waals surface area contributed by atoms with Crippen LogP contribution >= 0.6 is 0 Å². The van der Waals surface area contributed by atoms with Crippen LogP contribution < -0.4 is 4.74 Å². The molecular weight excluding hydrogens is 462 g/mol. The Morgan fingerprint density at radius 2 is 1.56 bits per heavy atom. The van der Waals surface area contributed by atoms with Crippen LogP contribution in [0.2, 0.25) is 0 Å². The second kappa shape index (κ2) is 10.0. The lowest BCUT2D eigenvalue weighted by Crippen LogP contribution is -2.30. The first kappa shape index (κ1) is 25.5. The maximum atomic E-state index is 13.2. The third-order valence-corrected chi connectivity index (χ3v) is 5.58.